The molecule has 0 fully saturated rings. The van der Waals surface area contributed by atoms with Crippen molar-refractivity contribution < 1.29 is 4.39 Å². The third-order valence-corrected chi connectivity index (χ3v) is 2.46. The number of aromatic nitrogens is 1. The van der Waals surface area contributed by atoms with Gasteiger partial charge in [-0.05, 0) is 42.8 Å². The van der Waals surface area contributed by atoms with Crippen LogP contribution in [0.4, 0.5) is 4.39 Å². The first-order valence-electron chi connectivity index (χ1n) is 5.42. The van der Waals surface area contributed by atoms with E-state index in [1.54, 1.807) is 12.1 Å². The highest BCUT2D eigenvalue weighted by atomic mass is 19.1. The zero-order chi connectivity index (χ0) is 11.2. The van der Waals surface area contributed by atoms with Gasteiger partial charge in [0, 0.05) is 18.4 Å². The molecule has 0 aliphatic carbocycles. The van der Waals surface area contributed by atoms with E-state index in [-0.39, 0.29) is 5.82 Å². The molecule has 0 bridgehead atoms. The summed E-state index contributed by atoms with van der Waals surface area (Å²) in [6.45, 7) is 1.67. The van der Waals surface area contributed by atoms with Crippen LogP contribution in [0.25, 0.3) is 0 Å². The van der Waals surface area contributed by atoms with Crippen molar-refractivity contribution in [2.24, 2.45) is 0 Å². The highest BCUT2D eigenvalue weighted by molar-refractivity contribution is 5.16. The molecule has 1 aromatic carbocycles. The van der Waals surface area contributed by atoms with E-state index in [1.165, 1.54) is 11.8 Å². The van der Waals surface area contributed by atoms with Crippen molar-refractivity contribution in [3.05, 3.63) is 59.7 Å². The summed E-state index contributed by atoms with van der Waals surface area (Å²) in [5.74, 6) is -0.165. The number of hydrogen-bond donors (Lipinski definition) is 2. The maximum atomic E-state index is 12.9. The van der Waals surface area contributed by atoms with Gasteiger partial charge in [0.25, 0.3) is 0 Å². The van der Waals surface area contributed by atoms with Gasteiger partial charge in [-0.3, -0.25) is 0 Å². The summed E-state index contributed by atoms with van der Waals surface area (Å²) in [5.41, 5.74) is 2.19. The molecule has 2 aromatic rings. The minimum atomic E-state index is -0.165. The lowest BCUT2D eigenvalue weighted by Crippen LogP contribution is -2.16. The molecule has 3 heteroatoms. The van der Waals surface area contributed by atoms with E-state index in [4.69, 9.17) is 0 Å². The molecule has 2 N–H and O–H groups in total. The lowest BCUT2D eigenvalue weighted by molar-refractivity contribution is 0.622. The molecule has 0 aliphatic heterocycles. The van der Waals surface area contributed by atoms with Gasteiger partial charge in [0.05, 0.1) is 0 Å². The van der Waals surface area contributed by atoms with Crippen molar-refractivity contribution in [3.8, 4) is 0 Å². The van der Waals surface area contributed by atoms with Gasteiger partial charge in [-0.25, -0.2) is 4.39 Å². The largest absolute Gasteiger partial charge is 0.364 e. The maximum Gasteiger partial charge on any atom is 0.123 e. The van der Waals surface area contributed by atoms with E-state index < -0.39 is 0 Å². The lowest BCUT2D eigenvalue weighted by atomic mass is 10.1. The summed E-state index contributed by atoms with van der Waals surface area (Å²) in [7, 11) is 0. The number of benzene rings is 1. The van der Waals surface area contributed by atoms with Gasteiger partial charge >= 0.3 is 0 Å². The van der Waals surface area contributed by atoms with Crippen molar-refractivity contribution in [1.29, 1.82) is 0 Å². The molecular formula is C13H15FN2. The summed E-state index contributed by atoms with van der Waals surface area (Å²) >= 11 is 0. The molecule has 2 nitrogen and oxygen atoms in total. The molecule has 0 spiro atoms. The highest BCUT2D eigenvalue weighted by Gasteiger charge is 1.96. The molecule has 0 unspecified atom stereocenters. The number of nitrogens with one attached hydrogen (secondary N) is 2. The second-order valence-corrected chi connectivity index (χ2v) is 3.75. The molecule has 0 aliphatic rings. The number of aromatic amines is 1. The molecule has 2 rings (SSSR count). The zero-order valence-electron chi connectivity index (χ0n) is 9.04. The van der Waals surface area contributed by atoms with Crippen LogP contribution in [0.1, 0.15) is 11.3 Å². The van der Waals surface area contributed by atoms with E-state index >= 15 is 0 Å². The Labute approximate surface area is 94.5 Å². The van der Waals surface area contributed by atoms with Gasteiger partial charge in [-0.15, -0.1) is 0 Å². The van der Waals surface area contributed by atoms with Crippen molar-refractivity contribution in [2.75, 3.05) is 6.54 Å². The maximum absolute atomic E-state index is 12.9. The first-order chi connectivity index (χ1) is 7.84. The normalized spacial score (nSPS) is 10.6. The van der Waals surface area contributed by atoms with E-state index in [0.717, 1.165) is 25.1 Å². The van der Waals surface area contributed by atoms with Gasteiger partial charge in [-0.2, -0.15) is 0 Å². The molecule has 0 saturated heterocycles. The van der Waals surface area contributed by atoms with E-state index in [1.807, 2.05) is 24.4 Å². The highest BCUT2D eigenvalue weighted by Crippen LogP contribution is 2.03. The van der Waals surface area contributed by atoms with Crippen LogP contribution in [0.3, 0.4) is 0 Å². The predicted molar refractivity (Wildman–Crippen MR) is 62.6 cm³/mol. The first-order valence-corrected chi connectivity index (χ1v) is 5.42. The van der Waals surface area contributed by atoms with Crippen LogP contribution in [-0.4, -0.2) is 11.5 Å². The molecule has 0 amide bonds. The van der Waals surface area contributed by atoms with Crippen LogP contribution in [0.5, 0.6) is 0 Å². The number of hydrogen-bond acceptors (Lipinski definition) is 1. The topological polar surface area (TPSA) is 27.8 Å². The van der Waals surface area contributed by atoms with Crippen LogP contribution >= 0.6 is 0 Å². The fourth-order valence-electron chi connectivity index (χ4n) is 1.63. The van der Waals surface area contributed by atoms with E-state index in [0.29, 0.717) is 0 Å². The predicted octanol–water partition coefficient (Wildman–Crippen LogP) is 2.49. The molecule has 16 heavy (non-hydrogen) atoms. The van der Waals surface area contributed by atoms with Gasteiger partial charge in [0.15, 0.2) is 0 Å². The fraction of sp³-hybridized carbons (Fsp3) is 0.231. The second-order valence-electron chi connectivity index (χ2n) is 3.75. The molecule has 0 radical (unpaired) electrons. The number of halogens is 1. The summed E-state index contributed by atoms with van der Waals surface area (Å²) in [5, 5.41) is 3.30. The Kier molecular flexibility index (Phi) is 3.72. The van der Waals surface area contributed by atoms with Crippen LogP contribution in [-0.2, 0) is 13.0 Å². The Morgan fingerprint density at radius 3 is 2.88 bits per heavy atom. The second kappa shape index (κ2) is 5.47. The molecule has 0 atom stereocenters. The van der Waals surface area contributed by atoms with Crippen molar-refractivity contribution >= 4 is 0 Å². The van der Waals surface area contributed by atoms with Crippen LogP contribution in [0.2, 0.25) is 0 Å². The van der Waals surface area contributed by atoms with Crippen molar-refractivity contribution in [1.82, 2.24) is 10.3 Å². The lowest BCUT2D eigenvalue weighted by Gasteiger charge is -2.03. The Morgan fingerprint density at radius 1 is 1.19 bits per heavy atom. The number of rotatable bonds is 5. The summed E-state index contributed by atoms with van der Waals surface area (Å²) in [6.07, 6.45) is 2.75. The van der Waals surface area contributed by atoms with E-state index in [2.05, 4.69) is 10.3 Å². The third-order valence-electron chi connectivity index (χ3n) is 2.46. The SMILES string of the molecule is Fc1cccc(CCNCc2ccc[nH]2)c1. The minimum absolute atomic E-state index is 0.165. The van der Waals surface area contributed by atoms with Crippen LogP contribution < -0.4 is 5.32 Å². The molecule has 0 saturated carbocycles. The van der Waals surface area contributed by atoms with Crippen LogP contribution in [0.15, 0.2) is 42.6 Å². The average molecular weight is 218 g/mol. The zero-order valence-corrected chi connectivity index (χ0v) is 9.04. The molecule has 1 aromatic heterocycles. The summed E-state index contributed by atoms with van der Waals surface area (Å²) in [4.78, 5) is 3.12. The van der Waals surface area contributed by atoms with E-state index in [9.17, 15) is 4.39 Å². The summed E-state index contributed by atoms with van der Waals surface area (Å²) in [6, 6.07) is 10.7. The quantitative estimate of drug-likeness (QED) is 0.741. The molecule has 84 valence electrons. The van der Waals surface area contributed by atoms with Gasteiger partial charge in [0.2, 0.25) is 0 Å². The monoisotopic (exact) mass is 218 g/mol. The standard InChI is InChI=1S/C13H15FN2/c14-12-4-1-3-11(9-12)6-8-15-10-13-5-2-7-16-13/h1-5,7,9,15-16H,6,8,10H2. The Hall–Kier alpha value is -1.61. The molecular weight excluding hydrogens is 203 g/mol. The Bertz CT molecular complexity index is 423. The average Bonchev–Trinajstić information content (AvgIpc) is 2.77. The third kappa shape index (κ3) is 3.21. The van der Waals surface area contributed by atoms with Crippen molar-refractivity contribution in [2.45, 2.75) is 13.0 Å². The Morgan fingerprint density at radius 2 is 2.12 bits per heavy atom. The van der Waals surface area contributed by atoms with Crippen LogP contribution in [0, 0.1) is 5.82 Å². The Balaban J connectivity index is 1.72. The summed E-state index contributed by atoms with van der Waals surface area (Å²) < 4.78 is 12.9. The smallest absolute Gasteiger partial charge is 0.123 e. The number of H-pyrrole nitrogens is 1. The van der Waals surface area contributed by atoms with Gasteiger partial charge < -0.3 is 10.3 Å². The van der Waals surface area contributed by atoms with Gasteiger partial charge in [-0.1, -0.05) is 12.1 Å². The van der Waals surface area contributed by atoms with Crippen molar-refractivity contribution in [3.63, 3.8) is 0 Å². The van der Waals surface area contributed by atoms with Gasteiger partial charge in [0.1, 0.15) is 5.82 Å². The fourth-order valence-corrected chi connectivity index (χ4v) is 1.63. The first kappa shape index (κ1) is 10.9. The minimum Gasteiger partial charge on any atom is -0.364 e. The molecule has 1 heterocycles.